The van der Waals surface area contributed by atoms with Gasteiger partial charge in [-0.15, -0.1) is 0 Å². The van der Waals surface area contributed by atoms with E-state index < -0.39 is 17.6 Å². The van der Waals surface area contributed by atoms with Crippen molar-refractivity contribution in [3.63, 3.8) is 0 Å². The first-order chi connectivity index (χ1) is 17.8. The van der Waals surface area contributed by atoms with E-state index in [2.05, 4.69) is 9.97 Å². The topological polar surface area (TPSA) is 51.0 Å². The van der Waals surface area contributed by atoms with Gasteiger partial charge in [0, 0.05) is 42.3 Å². The summed E-state index contributed by atoms with van der Waals surface area (Å²) >= 11 is 0. The quantitative estimate of drug-likeness (QED) is 0.297. The maximum atomic E-state index is 14.3. The number of anilines is 1. The Balaban J connectivity index is 0.00000156. The van der Waals surface area contributed by atoms with E-state index in [-0.39, 0.29) is 23.7 Å². The van der Waals surface area contributed by atoms with Gasteiger partial charge in [-0.1, -0.05) is 44.2 Å². The van der Waals surface area contributed by atoms with Gasteiger partial charge in [-0.25, -0.2) is 9.37 Å². The van der Waals surface area contributed by atoms with Gasteiger partial charge in [0.25, 0.3) is 5.56 Å². The lowest BCUT2D eigenvalue weighted by molar-refractivity contribution is -0.137. The molecule has 5 rings (SSSR count). The number of piperidine rings is 1. The fraction of sp³-hybridized carbons (Fsp3) is 0.321. The highest BCUT2D eigenvalue weighted by atomic mass is 19.4. The van der Waals surface area contributed by atoms with Gasteiger partial charge >= 0.3 is 6.18 Å². The lowest BCUT2D eigenvalue weighted by Gasteiger charge is -2.35. The molecule has 0 amide bonds. The number of nitrogens with zero attached hydrogens (tertiary/aromatic N) is 4. The first-order valence-corrected chi connectivity index (χ1v) is 12.3. The van der Waals surface area contributed by atoms with E-state index in [1.54, 1.807) is 35.2 Å². The van der Waals surface area contributed by atoms with Gasteiger partial charge in [0.1, 0.15) is 11.3 Å². The third-order valence-corrected chi connectivity index (χ3v) is 6.52. The van der Waals surface area contributed by atoms with Crippen LogP contribution in [0.15, 0.2) is 71.8 Å². The van der Waals surface area contributed by atoms with Crippen LogP contribution in [0.5, 0.6) is 0 Å². The minimum atomic E-state index is -4.44. The smallest absolute Gasteiger partial charge is 0.371 e. The number of para-hydroxylation sites is 1. The van der Waals surface area contributed by atoms with Gasteiger partial charge in [-0.05, 0) is 43.0 Å². The predicted octanol–water partition coefficient (Wildman–Crippen LogP) is 6.41. The molecule has 0 aliphatic carbocycles. The molecule has 5 nitrogen and oxygen atoms in total. The normalized spacial score (nSPS) is 14.4. The summed E-state index contributed by atoms with van der Waals surface area (Å²) in [5.41, 5.74) is 0.974. The molecule has 3 heterocycles. The molecule has 0 bridgehead atoms. The second kappa shape index (κ2) is 11.1. The Morgan fingerprint density at radius 1 is 0.946 bits per heavy atom. The Labute approximate surface area is 212 Å². The second-order valence-electron chi connectivity index (χ2n) is 8.62. The van der Waals surface area contributed by atoms with Crippen molar-refractivity contribution in [1.29, 1.82) is 0 Å². The molecular weight excluding hydrogens is 484 g/mol. The van der Waals surface area contributed by atoms with Crippen molar-refractivity contribution in [2.45, 2.75) is 45.3 Å². The molecule has 1 saturated heterocycles. The van der Waals surface area contributed by atoms with Gasteiger partial charge in [-0.2, -0.15) is 13.2 Å². The summed E-state index contributed by atoms with van der Waals surface area (Å²) in [6.45, 7) is 4.76. The molecule has 0 N–H and O–H groups in total. The molecule has 0 radical (unpaired) electrons. The van der Waals surface area contributed by atoms with Crippen molar-refractivity contribution < 1.29 is 17.6 Å². The minimum absolute atomic E-state index is 0.00629. The fourth-order valence-corrected chi connectivity index (χ4v) is 4.77. The molecule has 0 spiro atoms. The lowest BCUT2D eigenvalue weighted by atomic mass is 9.89. The summed E-state index contributed by atoms with van der Waals surface area (Å²) in [5, 5.41) is 0. The molecule has 1 aliphatic rings. The number of hydrogen-bond donors (Lipinski definition) is 0. The molecule has 9 heteroatoms. The molecular formula is C28H28F4N4O. The van der Waals surface area contributed by atoms with E-state index >= 15 is 0 Å². The summed E-state index contributed by atoms with van der Waals surface area (Å²) < 4.78 is 56.2. The van der Waals surface area contributed by atoms with E-state index in [4.69, 9.17) is 0 Å². The Morgan fingerprint density at radius 2 is 1.59 bits per heavy atom. The van der Waals surface area contributed by atoms with Gasteiger partial charge in [0.15, 0.2) is 5.65 Å². The van der Waals surface area contributed by atoms with E-state index in [0.29, 0.717) is 48.2 Å². The number of hydrogen-bond acceptors (Lipinski definition) is 4. The molecule has 37 heavy (non-hydrogen) atoms. The van der Waals surface area contributed by atoms with Crippen LogP contribution in [0.25, 0.3) is 11.2 Å². The number of fused-ring (bicyclic) bond motifs is 1. The zero-order chi connectivity index (χ0) is 26.6. The molecule has 2 aromatic heterocycles. The van der Waals surface area contributed by atoms with Crippen LogP contribution in [0.2, 0.25) is 0 Å². The van der Waals surface area contributed by atoms with Crippen LogP contribution in [0, 0.1) is 5.82 Å². The number of rotatable bonds is 4. The zero-order valence-electron chi connectivity index (χ0n) is 20.7. The van der Waals surface area contributed by atoms with Crippen LogP contribution in [0.1, 0.15) is 49.3 Å². The SMILES string of the molecule is CC.O=c1c(C2CCN(c3ccccc3C(F)(F)F)CC2)cc2nccnc2n1Cc1ccccc1F. The maximum Gasteiger partial charge on any atom is 0.418 e. The summed E-state index contributed by atoms with van der Waals surface area (Å²) in [7, 11) is 0. The van der Waals surface area contributed by atoms with Crippen molar-refractivity contribution in [3.8, 4) is 0 Å². The number of alkyl halides is 3. The highest BCUT2D eigenvalue weighted by Crippen LogP contribution is 2.38. The predicted molar refractivity (Wildman–Crippen MR) is 136 cm³/mol. The minimum Gasteiger partial charge on any atom is -0.371 e. The second-order valence-corrected chi connectivity index (χ2v) is 8.62. The monoisotopic (exact) mass is 512 g/mol. The van der Waals surface area contributed by atoms with Crippen LogP contribution in [-0.4, -0.2) is 27.6 Å². The van der Waals surface area contributed by atoms with E-state index in [9.17, 15) is 22.4 Å². The number of aromatic nitrogens is 3. The number of pyridine rings is 1. The van der Waals surface area contributed by atoms with Crippen LogP contribution < -0.4 is 10.5 Å². The highest BCUT2D eigenvalue weighted by molar-refractivity contribution is 5.71. The van der Waals surface area contributed by atoms with Crippen LogP contribution in [-0.2, 0) is 12.7 Å². The van der Waals surface area contributed by atoms with E-state index in [0.717, 1.165) is 6.07 Å². The van der Waals surface area contributed by atoms with Gasteiger partial charge < -0.3 is 4.90 Å². The lowest BCUT2D eigenvalue weighted by Crippen LogP contribution is -2.36. The van der Waals surface area contributed by atoms with Crippen LogP contribution in [0.3, 0.4) is 0 Å². The van der Waals surface area contributed by atoms with Crippen molar-refractivity contribution >= 4 is 16.9 Å². The van der Waals surface area contributed by atoms with Crippen molar-refractivity contribution in [2.24, 2.45) is 0 Å². The van der Waals surface area contributed by atoms with Crippen LogP contribution in [0.4, 0.5) is 23.2 Å². The van der Waals surface area contributed by atoms with Crippen molar-refractivity contribution in [1.82, 2.24) is 14.5 Å². The number of halogens is 4. The molecule has 1 aliphatic heterocycles. The molecule has 1 fully saturated rings. The molecule has 2 aromatic carbocycles. The summed E-state index contributed by atoms with van der Waals surface area (Å²) in [6, 6.07) is 13.5. The zero-order valence-corrected chi connectivity index (χ0v) is 20.7. The van der Waals surface area contributed by atoms with Crippen LogP contribution >= 0.6 is 0 Å². The Hall–Kier alpha value is -3.75. The average molecular weight is 513 g/mol. The van der Waals surface area contributed by atoms with Gasteiger partial charge in [0.05, 0.1) is 12.1 Å². The first kappa shape index (κ1) is 26.3. The summed E-state index contributed by atoms with van der Waals surface area (Å²) in [4.78, 5) is 23.9. The Bertz CT molecular complexity index is 1430. The standard InChI is InChI=1S/C26H22F4N4O.C2H6/c27-21-7-3-1-5-18(21)16-34-24-22(31-11-12-32-24)15-19(25(34)35)17-9-13-33(14-10-17)23-8-4-2-6-20(23)26(28,29)30;1-2/h1-8,11-12,15,17H,9-10,13-14,16H2;1-2H3. The Morgan fingerprint density at radius 3 is 2.30 bits per heavy atom. The molecule has 194 valence electrons. The van der Waals surface area contributed by atoms with E-state index in [1.165, 1.54) is 35.2 Å². The molecule has 0 saturated carbocycles. The first-order valence-electron chi connectivity index (χ1n) is 12.3. The summed E-state index contributed by atoms with van der Waals surface area (Å²) in [6.07, 6.45) is -0.415. The summed E-state index contributed by atoms with van der Waals surface area (Å²) in [5.74, 6) is -0.575. The highest BCUT2D eigenvalue weighted by Gasteiger charge is 2.35. The van der Waals surface area contributed by atoms with E-state index in [1.807, 2.05) is 13.8 Å². The van der Waals surface area contributed by atoms with Gasteiger partial charge in [-0.3, -0.25) is 14.3 Å². The van der Waals surface area contributed by atoms with Crippen molar-refractivity contribution in [2.75, 3.05) is 18.0 Å². The molecule has 0 unspecified atom stereocenters. The molecule has 4 aromatic rings. The fourth-order valence-electron chi connectivity index (χ4n) is 4.77. The average Bonchev–Trinajstić information content (AvgIpc) is 2.92. The third kappa shape index (κ3) is 5.50. The molecule has 0 atom stereocenters. The third-order valence-electron chi connectivity index (χ3n) is 6.52. The number of benzene rings is 2. The largest absolute Gasteiger partial charge is 0.418 e. The maximum absolute atomic E-state index is 14.3. The Kier molecular flexibility index (Phi) is 7.90. The van der Waals surface area contributed by atoms with Gasteiger partial charge in [0.2, 0.25) is 0 Å². The van der Waals surface area contributed by atoms with Crippen molar-refractivity contribution in [3.05, 3.63) is 99.9 Å².